The van der Waals surface area contributed by atoms with Crippen molar-refractivity contribution in [3.8, 4) is 0 Å². The first-order valence-corrected chi connectivity index (χ1v) is 7.91. The molecule has 7 heteroatoms. The third-order valence-electron chi connectivity index (χ3n) is 4.06. The molecule has 1 aliphatic heterocycles. The lowest BCUT2D eigenvalue weighted by molar-refractivity contribution is 0.156. The van der Waals surface area contributed by atoms with E-state index in [1.807, 2.05) is 6.07 Å². The molecule has 124 valence electrons. The van der Waals surface area contributed by atoms with Crippen molar-refractivity contribution in [2.45, 2.75) is 6.42 Å². The Kier molecular flexibility index (Phi) is 6.82. The van der Waals surface area contributed by atoms with Crippen LogP contribution in [0.4, 0.5) is 11.6 Å². The Morgan fingerprint density at radius 2 is 2.00 bits per heavy atom. The summed E-state index contributed by atoms with van der Waals surface area (Å²) in [5, 5.41) is 0. The molecule has 2 N–H and O–H groups in total. The minimum absolute atomic E-state index is 0.534. The van der Waals surface area contributed by atoms with Gasteiger partial charge in [0.05, 0.1) is 6.61 Å². The zero-order chi connectivity index (χ0) is 15.8. The maximum absolute atomic E-state index is 5.72. The van der Waals surface area contributed by atoms with Gasteiger partial charge in [0.15, 0.2) is 0 Å². The van der Waals surface area contributed by atoms with E-state index in [1.165, 1.54) is 12.7 Å². The van der Waals surface area contributed by atoms with Gasteiger partial charge in [-0.1, -0.05) is 0 Å². The van der Waals surface area contributed by atoms with Crippen LogP contribution in [-0.2, 0) is 4.74 Å². The van der Waals surface area contributed by atoms with Gasteiger partial charge in [0.1, 0.15) is 18.0 Å². The van der Waals surface area contributed by atoms with Crippen LogP contribution in [0.5, 0.6) is 0 Å². The fraction of sp³-hybridized carbons (Fsp3) is 0.733. The molecule has 0 unspecified atom stereocenters. The summed E-state index contributed by atoms with van der Waals surface area (Å²) in [4.78, 5) is 15.4. The van der Waals surface area contributed by atoms with E-state index in [2.05, 4.69) is 31.7 Å². The molecule has 0 bridgehead atoms. The average Bonchev–Trinajstić information content (AvgIpc) is 2.53. The number of anilines is 2. The monoisotopic (exact) mass is 308 g/mol. The molecule has 0 aromatic carbocycles. The highest BCUT2D eigenvalue weighted by Gasteiger charge is 2.17. The fourth-order valence-corrected chi connectivity index (χ4v) is 2.66. The number of nitrogen functional groups attached to an aromatic ring is 1. The Morgan fingerprint density at radius 1 is 1.23 bits per heavy atom. The van der Waals surface area contributed by atoms with Crippen LogP contribution < -0.4 is 10.6 Å². The molecule has 1 aromatic rings. The smallest absolute Gasteiger partial charge is 0.134 e. The first-order valence-electron chi connectivity index (χ1n) is 7.91. The maximum Gasteiger partial charge on any atom is 0.134 e. The van der Waals surface area contributed by atoms with Gasteiger partial charge in [-0.3, -0.25) is 4.90 Å². The molecule has 1 aliphatic rings. The Labute approximate surface area is 133 Å². The quantitative estimate of drug-likeness (QED) is 0.733. The fourth-order valence-electron chi connectivity index (χ4n) is 2.66. The number of piperazine rings is 1. The lowest BCUT2D eigenvalue weighted by atomic mass is 10.2. The van der Waals surface area contributed by atoms with E-state index in [0.717, 1.165) is 58.2 Å². The molecule has 1 aromatic heterocycles. The van der Waals surface area contributed by atoms with Crippen LogP contribution in [0.1, 0.15) is 6.42 Å². The second kappa shape index (κ2) is 8.87. The van der Waals surface area contributed by atoms with E-state index in [9.17, 15) is 0 Å². The Bertz CT molecular complexity index is 436. The van der Waals surface area contributed by atoms with Crippen molar-refractivity contribution >= 4 is 11.6 Å². The molecule has 0 saturated carbocycles. The predicted octanol–water partition coefficient (Wildman–Crippen LogP) is 0.149. The molecule has 22 heavy (non-hydrogen) atoms. The molecule has 0 aliphatic carbocycles. The van der Waals surface area contributed by atoms with Crippen LogP contribution in [0.2, 0.25) is 0 Å². The summed E-state index contributed by atoms with van der Waals surface area (Å²) in [6, 6.07) is 1.85. The van der Waals surface area contributed by atoms with Gasteiger partial charge in [0.2, 0.25) is 0 Å². The summed E-state index contributed by atoms with van der Waals surface area (Å²) >= 11 is 0. The summed E-state index contributed by atoms with van der Waals surface area (Å²) < 4.78 is 5.09. The number of nitrogens with zero attached hydrogens (tertiary/aromatic N) is 5. The third-order valence-corrected chi connectivity index (χ3v) is 4.06. The van der Waals surface area contributed by atoms with E-state index in [0.29, 0.717) is 5.82 Å². The first-order chi connectivity index (χ1) is 10.7. The van der Waals surface area contributed by atoms with E-state index in [4.69, 9.17) is 10.5 Å². The number of nitrogens with two attached hydrogens (primary N) is 1. The molecule has 0 atom stereocenters. The van der Waals surface area contributed by atoms with Crippen LogP contribution in [0.3, 0.4) is 0 Å². The summed E-state index contributed by atoms with van der Waals surface area (Å²) in [5.74, 6) is 1.47. The third kappa shape index (κ3) is 5.40. The van der Waals surface area contributed by atoms with Crippen molar-refractivity contribution in [2.75, 3.05) is 77.2 Å². The SMILES string of the molecule is COCCN(C)CCCN1CCN(c2cc(N)ncn2)CC1. The summed E-state index contributed by atoms with van der Waals surface area (Å²) in [5.41, 5.74) is 5.72. The number of methoxy groups -OCH3 is 1. The van der Waals surface area contributed by atoms with Gasteiger partial charge < -0.3 is 20.3 Å². The van der Waals surface area contributed by atoms with Crippen LogP contribution in [0, 0.1) is 0 Å². The molecule has 1 saturated heterocycles. The van der Waals surface area contributed by atoms with Crippen molar-refractivity contribution in [2.24, 2.45) is 0 Å². The summed E-state index contributed by atoms with van der Waals surface area (Å²) in [6.07, 6.45) is 2.73. The van der Waals surface area contributed by atoms with E-state index < -0.39 is 0 Å². The lowest BCUT2D eigenvalue weighted by Crippen LogP contribution is -2.47. The highest BCUT2D eigenvalue weighted by Crippen LogP contribution is 2.14. The van der Waals surface area contributed by atoms with Crippen LogP contribution in [0.15, 0.2) is 12.4 Å². The standard InChI is InChI=1S/C15H28N6O/c1-19(10-11-22-2)4-3-5-20-6-8-21(9-7-20)15-12-14(16)17-13-18-15/h12-13H,3-11H2,1-2H3,(H2,16,17,18). The second-order valence-electron chi connectivity index (χ2n) is 5.78. The van der Waals surface area contributed by atoms with Gasteiger partial charge in [-0.15, -0.1) is 0 Å². The van der Waals surface area contributed by atoms with Gasteiger partial charge in [-0.25, -0.2) is 9.97 Å². The number of hydrogen-bond donors (Lipinski definition) is 1. The largest absolute Gasteiger partial charge is 0.384 e. The highest BCUT2D eigenvalue weighted by atomic mass is 16.5. The minimum Gasteiger partial charge on any atom is -0.384 e. The Balaban J connectivity index is 1.65. The van der Waals surface area contributed by atoms with Gasteiger partial charge in [-0.05, 0) is 26.6 Å². The predicted molar refractivity (Wildman–Crippen MR) is 89.1 cm³/mol. The molecular formula is C15H28N6O. The Morgan fingerprint density at radius 3 is 2.68 bits per heavy atom. The first kappa shape index (κ1) is 16.9. The average molecular weight is 308 g/mol. The molecule has 2 rings (SSSR count). The number of rotatable bonds is 8. The molecule has 0 radical (unpaired) electrons. The van der Waals surface area contributed by atoms with Crippen molar-refractivity contribution in [1.82, 2.24) is 19.8 Å². The van der Waals surface area contributed by atoms with E-state index >= 15 is 0 Å². The molecule has 2 heterocycles. The maximum atomic E-state index is 5.72. The van der Waals surface area contributed by atoms with Crippen LogP contribution in [0.25, 0.3) is 0 Å². The minimum atomic E-state index is 0.534. The molecular weight excluding hydrogens is 280 g/mol. The summed E-state index contributed by atoms with van der Waals surface area (Å²) in [6.45, 7) is 8.21. The number of hydrogen-bond acceptors (Lipinski definition) is 7. The van der Waals surface area contributed by atoms with Crippen molar-refractivity contribution < 1.29 is 4.74 Å². The molecule has 7 nitrogen and oxygen atoms in total. The molecule has 1 fully saturated rings. The second-order valence-corrected chi connectivity index (χ2v) is 5.78. The van der Waals surface area contributed by atoms with Crippen molar-refractivity contribution in [3.05, 3.63) is 12.4 Å². The molecule has 0 amide bonds. The zero-order valence-corrected chi connectivity index (χ0v) is 13.7. The molecule has 0 spiro atoms. The van der Waals surface area contributed by atoms with Gasteiger partial charge >= 0.3 is 0 Å². The van der Waals surface area contributed by atoms with Crippen molar-refractivity contribution in [1.29, 1.82) is 0 Å². The van der Waals surface area contributed by atoms with Gasteiger partial charge in [0.25, 0.3) is 0 Å². The topological polar surface area (TPSA) is 70.8 Å². The number of likely N-dealkylation sites (N-methyl/N-ethyl adjacent to an activating group) is 1. The summed E-state index contributed by atoms with van der Waals surface area (Å²) in [7, 11) is 3.90. The van der Waals surface area contributed by atoms with E-state index in [-0.39, 0.29) is 0 Å². The lowest BCUT2D eigenvalue weighted by Gasteiger charge is -2.35. The zero-order valence-electron chi connectivity index (χ0n) is 13.7. The van der Waals surface area contributed by atoms with Crippen LogP contribution >= 0.6 is 0 Å². The number of aromatic nitrogens is 2. The van der Waals surface area contributed by atoms with Crippen LogP contribution in [-0.4, -0.2) is 86.3 Å². The van der Waals surface area contributed by atoms with Gasteiger partial charge in [-0.2, -0.15) is 0 Å². The highest BCUT2D eigenvalue weighted by molar-refractivity contribution is 5.46. The van der Waals surface area contributed by atoms with Gasteiger partial charge in [0, 0.05) is 45.9 Å². The van der Waals surface area contributed by atoms with E-state index in [1.54, 1.807) is 7.11 Å². The number of ether oxygens (including phenoxy) is 1. The normalized spacial score (nSPS) is 16.4. The van der Waals surface area contributed by atoms with Crippen molar-refractivity contribution in [3.63, 3.8) is 0 Å². The Hall–Kier alpha value is -1.44.